The van der Waals surface area contributed by atoms with E-state index in [1.807, 2.05) is 6.92 Å². The Labute approximate surface area is 75.7 Å². The molecule has 1 rings (SSSR count). The van der Waals surface area contributed by atoms with E-state index in [1.165, 1.54) is 11.1 Å². The fourth-order valence-electron chi connectivity index (χ4n) is 0.892. The van der Waals surface area contributed by atoms with Crippen molar-refractivity contribution in [1.29, 1.82) is 0 Å². The highest BCUT2D eigenvalue weighted by molar-refractivity contribution is 9.10. The van der Waals surface area contributed by atoms with Crippen molar-refractivity contribution in [3.63, 3.8) is 0 Å². The number of benzene rings is 1. The molecule has 0 aromatic heterocycles. The lowest BCUT2D eigenvalue weighted by Gasteiger charge is -2.06. The Bertz CT molecular complexity index is 256. The van der Waals surface area contributed by atoms with Crippen LogP contribution in [-0.2, 0) is 0 Å². The van der Waals surface area contributed by atoms with Gasteiger partial charge in [0.05, 0.1) is 0 Å². The number of rotatable bonds is 1. The van der Waals surface area contributed by atoms with Gasteiger partial charge < -0.3 is 5.73 Å². The van der Waals surface area contributed by atoms with Crippen molar-refractivity contribution in [2.45, 2.75) is 19.9 Å². The zero-order valence-electron chi connectivity index (χ0n) is 6.76. The van der Waals surface area contributed by atoms with Gasteiger partial charge >= 0.3 is 0 Å². The van der Waals surface area contributed by atoms with Crippen LogP contribution in [0.2, 0.25) is 0 Å². The Morgan fingerprint density at radius 3 is 2.55 bits per heavy atom. The number of hydrogen-bond acceptors (Lipinski definition) is 1. The van der Waals surface area contributed by atoms with Crippen LogP contribution >= 0.6 is 15.9 Å². The molecule has 0 heterocycles. The van der Waals surface area contributed by atoms with Crippen molar-refractivity contribution in [3.8, 4) is 0 Å². The van der Waals surface area contributed by atoms with Gasteiger partial charge in [-0.15, -0.1) is 0 Å². The van der Waals surface area contributed by atoms with Crippen LogP contribution in [0, 0.1) is 6.92 Å². The van der Waals surface area contributed by atoms with Crippen LogP contribution in [0.1, 0.15) is 24.1 Å². The maximum atomic E-state index is 5.71. The largest absolute Gasteiger partial charge is 0.324 e. The summed E-state index contributed by atoms with van der Waals surface area (Å²) >= 11 is 3.46. The number of halogens is 1. The van der Waals surface area contributed by atoms with Crippen LogP contribution < -0.4 is 5.73 Å². The lowest BCUT2D eigenvalue weighted by Crippen LogP contribution is -2.04. The molecular weight excluding hydrogens is 202 g/mol. The van der Waals surface area contributed by atoms with Crippen molar-refractivity contribution in [3.05, 3.63) is 33.8 Å². The zero-order chi connectivity index (χ0) is 8.43. The monoisotopic (exact) mass is 213 g/mol. The number of hydrogen-bond donors (Lipinski definition) is 1. The van der Waals surface area contributed by atoms with Crippen molar-refractivity contribution in [1.82, 2.24) is 0 Å². The Kier molecular flexibility index (Phi) is 2.68. The average molecular weight is 214 g/mol. The normalized spacial score (nSPS) is 13.1. The van der Waals surface area contributed by atoms with Crippen molar-refractivity contribution >= 4 is 15.9 Å². The smallest absolute Gasteiger partial charge is 0.0266 e. The standard InChI is InChI=1S/C9H12BrN/c1-6-3-4-8(7(2)11)5-9(6)10/h3-5,7H,11H2,1-2H3/t7-/m1/s1. The molecule has 0 unspecified atom stereocenters. The van der Waals surface area contributed by atoms with Gasteiger partial charge in [-0.2, -0.15) is 0 Å². The molecule has 0 aliphatic heterocycles. The second kappa shape index (κ2) is 3.37. The summed E-state index contributed by atoms with van der Waals surface area (Å²) in [6.45, 7) is 4.05. The van der Waals surface area contributed by atoms with E-state index >= 15 is 0 Å². The minimum Gasteiger partial charge on any atom is -0.324 e. The molecule has 0 saturated carbocycles. The molecule has 0 spiro atoms. The fourth-order valence-corrected chi connectivity index (χ4v) is 1.29. The third kappa shape index (κ3) is 2.04. The van der Waals surface area contributed by atoms with E-state index in [0.29, 0.717) is 0 Å². The van der Waals surface area contributed by atoms with Crippen LogP contribution in [0.5, 0.6) is 0 Å². The fraction of sp³-hybridized carbons (Fsp3) is 0.333. The molecule has 1 aromatic carbocycles. The molecule has 0 radical (unpaired) electrons. The second-order valence-electron chi connectivity index (χ2n) is 2.80. The van der Waals surface area contributed by atoms with E-state index in [2.05, 4.69) is 41.1 Å². The molecule has 1 aromatic rings. The van der Waals surface area contributed by atoms with E-state index < -0.39 is 0 Å². The molecule has 0 saturated heterocycles. The summed E-state index contributed by atoms with van der Waals surface area (Å²) in [5.74, 6) is 0. The van der Waals surface area contributed by atoms with Gasteiger partial charge in [-0.1, -0.05) is 28.1 Å². The Hall–Kier alpha value is -0.340. The van der Waals surface area contributed by atoms with Gasteiger partial charge in [-0.05, 0) is 31.0 Å². The van der Waals surface area contributed by atoms with Gasteiger partial charge in [0.25, 0.3) is 0 Å². The first-order chi connectivity index (χ1) is 5.11. The van der Waals surface area contributed by atoms with Crippen molar-refractivity contribution in [2.75, 3.05) is 0 Å². The highest BCUT2D eigenvalue weighted by Crippen LogP contribution is 2.20. The molecule has 2 heteroatoms. The van der Waals surface area contributed by atoms with Gasteiger partial charge in [0.1, 0.15) is 0 Å². The van der Waals surface area contributed by atoms with Crippen molar-refractivity contribution < 1.29 is 0 Å². The van der Waals surface area contributed by atoms with Crippen LogP contribution in [0.3, 0.4) is 0 Å². The first-order valence-electron chi connectivity index (χ1n) is 3.63. The van der Waals surface area contributed by atoms with Crippen LogP contribution in [0.4, 0.5) is 0 Å². The molecule has 60 valence electrons. The maximum absolute atomic E-state index is 5.71. The highest BCUT2D eigenvalue weighted by Gasteiger charge is 2.00. The zero-order valence-corrected chi connectivity index (χ0v) is 8.35. The quantitative estimate of drug-likeness (QED) is 0.764. The molecule has 1 nitrogen and oxygen atoms in total. The Balaban J connectivity index is 3.05. The summed E-state index contributed by atoms with van der Waals surface area (Å²) in [4.78, 5) is 0. The summed E-state index contributed by atoms with van der Waals surface area (Å²) < 4.78 is 1.13. The third-order valence-electron chi connectivity index (χ3n) is 1.72. The predicted molar refractivity (Wildman–Crippen MR) is 51.5 cm³/mol. The minimum absolute atomic E-state index is 0.117. The van der Waals surface area contributed by atoms with E-state index in [0.717, 1.165) is 4.47 Å². The lowest BCUT2D eigenvalue weighted by molar-refractivity contribution is 0.817. The summed E-state index contributed by atoms with van der Waals surface area (Å²) in [6, 6.07) is 6.32. The molecule has 0 bridgehead atoms. The van der Waals surface area contributed by atoms with E-state index in [1.54, 1.807) is 0 Å². The Morgan fingerprint density at radius 2 is 2.09 bits per heavy atom. The molecule has 2 N–H and O–H groups in total. The molecule has 0 amide bonds. The maximum Gasteiger partial charge on any atom is 0.0266 e. The summed E-state index contributed by atoms with van der Waals surface area (Å²) in [6.07, 6.45) is 0. The predicted octanol–water partition coefficient (Wildman–Crippen LogP) is 2.78. The summed E-state index contributed by atoms with van der Waals surface area (Å²) in [5, 5.41) is 0. The van der Waals surface area contributed by atoms with Gasteiger partial charge in [0.15, 0.2) is 0 Å². The van der Waals surface area contributed by atoms with Crippen LogP contribution in [-0.4, -0.2) is 0 Å². The number of aryl methyl sites for hydroxylation is 1. The molecule has 0 aliphatic carbocycles. The Morgan fingerprint density at radius 1 is 1.45 bits per heavy atom. The molecule has 1 atom stereocenters. The minimum atomic E-state index is 0.117. The highest BCUT2D eigenvalue weighted by atomic mass is 79.9. The summed E-state index contributed by atoms with van der Waals surface area (Å²) in [5.41, 5.74) is 8.13. The average Bonchev–Trinajstić information content (AvgIpc) is 1.94. The topological polar surface area (TPSA) is 26.0 Å². The van der Waals surface area contributed by atoms with Gasteiger partial charge in [0, 0.05) is 10.5 Å². The molecule has 0 aliphatic rings. The van der Waals surface area contributed by atoms with Gasteiger partial charge in [-0.25, -0.2) is 0 Å². The second-order valence-corrected chi connectivity index (χ2v) is 3.65. The molecular formula is C9H12BrN. The summed E-state index contributed by atoms with van der Waals surface area (Å²) in [7, 11) is 0. The van der Waals surface area contributed by atoms with Crippen molar-refractivity contribution in [2.24, 2.45) is 5.73 Å². The number of nitrogens with two attached hydrogens (primary N) is 1. The first kappa shape index (κ1) is 8.75. The molecule has 11 heavy (non-hydrogen) atoms. The van der Waals surface area contributed by atoms with E-state index in [9.17, 15) is 0 Å². The van der Waals surface area contributed by atoms with Gasteiger partial charge in [0.2, 0.25) is 0 Å². The van der Waals surface area contributed by atoms with Crippen LogP contribution in [0.15, 0.2) is 22.7 Å². The van der Waals surface area contributed by atoms with Crippen LogP contribution in [0.25, 0.3) is 0 Å². The van der Waals surface area contributed by atoms with E-state index in [4.69, 9.17) is 5.73 Å². The third-order valence-corrected chi connectivity index (χ3v) is 2.58. The van der Waals surface area contributed by atoms with E-state index in [-0.39, 0.29) is 6.04 Å². The lowest BCUT2D eigenvalue weighted by atomic mass is 10.1. The first-order valence-corrected chi connectivity index (χ1v) is 4.42. The van der Waals surface area contributed by atoms with Gasteiger partial charge in [-0.3, -0.25) is 0 Å². The molecule has 0 fully saturated rings. The SMILES string of the molecule is Cc1ccc([C@@H](C)N)cc1Br.